The number of hydrogen-bond donors (Lipinski definition) is 3. The molecule has 39 heavy (non-hydrogen) atoms. The van der Waals surface area contributed by atoms with Crippen molar-refractivity contribution in [3.8, 4) is 11.3 Å². The first kappa shape index (κ1) is 29.9. The Bertz CT molecular complexity index is 1210. The first-order valence-corrected chi connectivity index (χ1v) is 16.7. The first-order chi connectivity index (χ1) is 18.5. The van der Waals surface area contributed by atoms with Crippen LogP contribution in [0, 0.1) is 0 Å². The van der Waals surface area contributed by atoms with Gasteiger partial charge >= 0.3 is 18.0 Å². The van der Waals surface area contributed by atoms with E-state index in [2.05, 4.69) is 30.3 Å². The molecule has 2 unspecified atom stereocenters. The third-order valence-electron chi connectivity index (χ3n) is 6.18. The largest absolute Gasteiger partial charge is 0.481 e. The van der Waals surface area contributed by atoms with Crippen molar-refractivity contribution in [3.05, 3.63) is 42.4 Å². The summed E-state index contributed by atoms with van der Waals surface area (Å²) in [5.41, 5.74) is 2.08. The molecule has 2 atom stereocenters. The molecule has 1 aromatic carbocycles. The summed E-state index contributed by atoms with van der Waals surface area (Å²) in [6, 6.07) is 5.33. The van der Waals surface area contributed by atoms with Gasteiger partial charge in [0.15, 0.2) is 0 Å². The molecule has 2 aromatic rings. The van der Waals surface area contributed by atoms with Gasteiger partial charge in [-0.25, -0.2) is 14.6 Å². The van der Waals surface area contributed by atoms with Crippen molar-refractivity contribution in [3.63, 3.8) is 0 Å². The maximum Gasteiger partial charge on any atom is 0.411 e. The number of carboxylic acid groups (broad SMARTS) is 1. The second kappa shape index (κ2) is 13.4. The second-order valence-corrected chi connectivity index (χ2v) is 16.1. The third kappa shape index (κ3) is 8.42. The van der Waals surface area contributed by atoms with Gasteiger partial charge in [0.25, 0.3) is 0 Å². The molecule has 1 aliphatic heterocycles. The fraction of sp³-hybridized carbons (Fsp3) is 0.481. The van der Waals surface area contributed by atoms with Crippen LogP contribution in [0.2, 0.25) is 25.7 Å². The lowest BCUT2D eigenvalue weighted by molar-refractivity contribution is -0.144. The Balaban J connectivity index is 2.09. The molecule has 2 bridgehead atoms. The Morgan fingerprint density at radius 2 is 1.95 bits per heavy atom. The van der Waals surface area contributed by atoms with Gasteiger partial charge in [0.1, 0.15) is 24.5 Å². The molecule has 12 heteroatoms. The normalized spacial score (nSPS) is 18.0. The van der Waals surface area contributed by atoms with E-state index in [-0.39, 0.29) is 26.2 Å². The summed E-state index contributed by atoms with van der Waals surface area (Å²) in [4.78, 5) is 41.6. The van der Waals surface area contributed by atoms with Crippen LogP contribution in [-0.2, 0) is 30.5 Å². The highest BCUT2D eigenvalue weighted by Crippen LogP contribution is 2.34. The van der Waals surface area contributed by atoms with Crippen LogP contribution < -0.4 is 10.6 Å². The summed E-state index contributed by atoms with van der Waals surface area (Å²) in [6.07, 6.45) is 5.10. The highest BCUT2D eigenvalue weighted by atomic mass is 28.3. The van der Waals surface area contributed by atoms with Crippen LogP contribution in [-0.4, -0.2) is 67.1 Å². The maximum absolute atomic E-state index is 12.8. The van der Waals surface area contributed by atoms with Crippen molar-refractivity contribution in [2.75, 3.05) is 31.0 Å². The molecule has 0 aliphatic carbocycles. The van der Waals surface area contributed by atoms with E-state index < -0.39 is 38.1 Å². The van der Waals surface area contributed by atoms with E-state index in [0.29, 0.717) is 35.1 Å². The number of nitrogens with one attached hydrogen (secondary N) is 2. The van der Waals surface area contributed by atoms with Crippen LogP contribution in [0.3, 0.4) is 0 Å². The van der Waals surface area contributed by atoms with Crippen molar-refractivity contribution in [1.82, 2.24) is 9.55 Å². The Kier molecular flexibility index (Phi) is 10.3. The van der Waals surface area contributed by atoms with Gasteiger partial charge in [0, 0.05) is 37.8 Å². The molecule has 1 aliphatic rings. The van der Waals surface area contributed by atoms with Crippen molar-refractivity contribution in [2.24, 2.45) is 0 Å². The lowest BCUT2D eigenvalue weighted by Crippen LogP contribution is -2.31. The Morgan fingerprint density at radius 3 is 2.62 bits per heavy atom. The van der Waals surface area contributed by atoms with Crippen molar-refractivity contribution in [2.45, 2.75) is 64.1 Å². The molecule has 3 N–H and O–H groups in total. The summed E-state index contributed by atoms with van der Waals surface area (Å²) in [5, 5.41) is 15.9. The number of carboxylic acids is 1. The first-order valence-electron chi connectivity index (χ1n) is 13.0. The number of benzene rings is 1. The van der Waals surface area contributed by atoms with Gasteiger partial charge in [-0.15, -0.1) is 0 Å². The molecule has 2 heterocycles. The zero-order chi connectivity index (χ0) is 28.6. The fourth-order valence-electron chi connectivity index (χ4n) is 4.04. The molecule has 212 valence electrons. The van der Waals surface area contributed by atoms with Gasteiger partial charge in [-0.1, -0.05) is 31.8 Å². The van der Waals surface area contributed by atoms with E-state index in [4.69, 9.17) is 19.2 Å². The van der Waals surface area contributed by atoms with Crippen LogP contribution in [0.1, 0.15) is 31.5 Å². The molecule has 0 radical (unpaired) electrons. The van der Waals surface area contributed by atoms with Gasteiger partial charge in [-0.2, -0.15) is 0 Å². The number of carbonyl (C=O) groups excluding carboxylic acids is 2. The number of rotatable bonds is 9. The second-order valence-electron chi connectivity index (χ2n) is 10.5. The lowest BCUT2D eigenvalue weighted by Gasteiger charge is -2.20. The number of nitrogens with zero attached hydrogens (tertiary/aromatic N) is 2. The minimum atomic E-state index is -1.30. The van der Waals surface area contributed by atoms with Gasteiger partial charge in [0.2, 0.25) is 0 Å². The summed E-state index contributed by atoms with van der Waals surface area (Å²) in [6.45, 7) is 9.47. The third-order valence-corrected chi connectivity index (χ3v) is 7.89. The molecule has 1 aromatic heterocycles. The number of imidazole rings is 1. The van der Waals surface area contributed by atoms with Crippen LogP contribution >= 0.6 is 0 Å². The molecule has 11 nitrogen and oxygen atoms in total. The van der Waals surface area contributed by atoms with E-state index in [1.807, 2.05) is 0 Å². The molecule has 0 saturated heterocycles. The number of aliphatic carboxylic acids is 1. The minimum absolute atomic E-state index is 0.163. The lowest BCUT2D eigenvalue weighted by atomic mass is 10.0. The zero-order valence-corrected chi connectivity index (χ0v) is 24.2. The van der Waals surface area contributed by atoms with E-state index in [1.54, 1.807) is 48.0 Å². The predicted molar refractivity (Wildman–Crippen MR) is 151 cm³/mol. The van der Waals surface area contributed by atoms with Crippen LogP contribution in [0.4, 0.5) is 16.2 Å². The van der Waals surface area contributed by atoms with Crippen molar-refractivity contribution < 1.29 is 33.7 Å². The zero-order valence-electron chi connectivity index (χ0n) is 23.2. The number of methoxy groups -OCH3 is 1. The summed E-state index contributed by atoms with van der Waals surface area (Å²) < 4.78 is 17.7. The maximum atomic E-state index is 12.8. The molecule has 0 fully saturated rings. The van der Waals surface area contributed by atoms with E-state index in [1.165, 1.54) is 7.11 Å². The van der Waals surface area contributed by atoms with Gasteiger partial charge < -0.3 is 29.2 Å². The van der Waals surface area contributed by atoms with E-state index in [9.17, 15) is 19.5 Å². The highest BCUT2D eigenvalue weighted by Gasteiger charge is 2.28. The quantitative estimate of drug-likeness (QED) is 0.169. The fourth-order valence-corrected chi connectivity index (χ4v) is 4.80. The Labute approximate surface area is 229 Å². The van der Waals surface area contributed by atoms with Crippen molar-refractivity contribution >= 4 is 37.5 Å². The number of allylic oxidation sites excluding steroid dienone is 1. The number of esters is 1. The molecule has 3 rings (SSSR count). The van der Waals surface area contributed by atoms with Crippen LogP contribution in [0.25, 0.3) is 11.3 Å². The van der Waals surface area contributed by atoms with Gasteiger partial charge in [-0.05, 0) is 44.0 Å². The number of aromatic nitrogens is 2. The minimum Gasteiger partial charge on any atom is -0.481 e. The number of carbonyl (C=O) groups is 3. The number of fused-ring (bicyclic) bond motifs is 4. The molecule has 0 saturated carbocycles. The van der Waals surface area contributed by atoms with E-state index >= 15 is 0 Å². The topological polar surface area (TPSA) is 141 Å². The summed E-state index contributed by atoms with van der Waals surface area (Å²) in [7, 11) is -0.0321. The predicted octanol–water partition coefficient (Wildman–Crippen LogP) is 4.90. The number of amides is 1. The smallest absolute Gasteiger partial charge is 0.411 e. The highest BCUT2D eigenvalue weighted by molar-refractivity contribution is 6.76. The van der Waals surface area contributed by atoms with Gasteiger partial charge in [-0.3, -0.25) is 10.1 Å². The SMILES string of the molecule is CCOC(=O)C1C/C=C/CC(C(=O)O)c2nc(cn2COCC[Si](C)(C)C)-c2ccc(NC(=O)OC)cc2N1. The molecular formula is C27H38N4O7Si. The molecule has 1 amide bonds. The standard InChI is InChI=1S/C27H38N4O7Si/c1-6-38-26(34)21-10-8-7-9-20(25(32)33)24-30-23(16-31(24)17-37-13-14-39(3,4)5)19-12-11-18(15-22(19)29-21)28-27(35)36-2/h7-8,11-12,15-16,20-21,29H,6,9-10,13-14,17H2,1-5H3,(H,28,35)(H,32,33)/b8-7+. The number of anilines is 2. The average molecular weight is 559 g/mol. The van der Waals surface area contributed by atoms with Gasteiger partial charge in [0.05, 0.1) is 19.4 Å². The average Bonchev–Trinajstić information content (AvgIpc) is 3.28. The van der Waals surface area contributed by atoms with E-state index in [0.717, 1.165) is 6.04 Å². The van der Waals surface area contributed by atoms with Crippen molar-refractivity contribution in [1.29, 1.82) is 0 Å². The Morgan fingerprint density at radius 1 is 1.21 bits per heavy atom. The van der Waals surface area contributed by atoms with Crippen LogP contribution in [0.15, 0.2) is 36.5 Å². The Hall–Kier alpha value is -3.64. The van der Waals surface area contributed by atoms with Crippen LogP contribution in [0.5, 0.6) is 0 Å². The monoisotopic (exact) mass is 558 g/mol. The molecular weight excluding hydrogens is 520 g/mol. The number of hydrogen-bond acceptors (Lipinski definition) is 8. The summed E-state index contributed by atoms with van der Waals surface area (Å²) >= 11 is 0. The molecule has 0 spiro atoms. The number of ether oxygens (including phenoxy) is 3. The summed E-state index contributed by atoms with van der Waals surface area (Å²) in [5.74, 6) is -1.99.